The smallest absolute Gasteiger partial charge is 0.347 e. The zero-order valence-corrected chi connectivity index (χ0v) is 9.55. The number of hydrogen-bond acceptors (Lipinski definition) is 2. The molecule has 1 aliphatic rings. The first-order valence-electron chi connectivity index (χ1n) is 5.62. The Morgan fingerprint density at radius 1 is 1.33 bits per heavy atom. The van der Waals surface area contributed by atoms with Gasteiger partial charge in [-0.15, -0.1) is 0 Å². The molecule has 1 atom stereocenters. The lowest BCUT2D eigenvalue weighted by molar-refractivity contribution is -0.173. The average Bonchev–Trinajstić information content (AvgIpc) is 2.34. The highest BCUT2D eigenvalue weighted by atomic mass is 19.4. The number of alkyl halides is 3. The number of rotatable bonds is 2. The molecule has 2 N–H and O–H groups in total. The Kier molecular flexibility index (Phi) is 3.56. The fraction of sp³-hybridized carbons (Fsp3) is 0.417. The molecule has 0 saturated carbocycles. The van der Waals surface area contributed by atoms with Crippen LogP contribution in [-0.2, 0) is 17.8 Å². The molecular formula is C12H13F3N2O. The highest BCUT2D eigenvalue weighted by Crippen LogP contribution is 2.17. The van der Waals surface area contributed by atoms with Crippen LogP contribution >= 0.6 is 0 Å². The summed E-state index contributed by atoms with van der Waals surface area (Å²) in [5.41, 5.74) is 2.26. The molecule has 1 heterocycles. The SMILES string of the molecule is O=C(NCC1Cc2ccccc2CN1)C(F)(F)F. The fourth-order valence-corrected chi connectivity index (χ4v) is 1.98. The Balaban J connectivity index is 1.89. The van der Waals surface area contributed by atoms with Crippen molar-refractivity contribution < 1.29 is 18.0 Å². The quantitative estimate of drug-likeness (QED) is 0.841. The summed E-state index contributed by atoms with van der Waals surface area (Å²) in [6.45, 7) is 0.593. The predicted molar refractivity (Wildman–Crippen MR) is 59.8 cm³/mol. The summed E-state index contributed by atoms with van der Waals surface area (Å²) in [5, 5.41) is 5.00. The second-order valence-corrected chi connectivity index (χ2v) is 4.26. The summed E-state index contributed by atoms with van der Waals surface area (Å²) in [6, 6.07) is 7.59. The summed E-state index contributed by atoms with van der Waals surface area (Å²) in [5.74, 6) is -1.89. The van der Waals surface area contributed by atoms with E-state index in [-0.39, 0.29) is 12.6 Å². The van der Waals surface area contributed by atoms with E-state index in [0.717, 1.165) is 11.1 Å². The van der Waals surface area contributed by atoms with Crippen molar-refractivity contribution in [2.45, 2.75) is 25.2 Å². The topological polar surface area (TPSA) is 41.1 Å². The molecule has 2 rings (SSSR count). The van der Waals surface area contributed by atoms with Crippen LogP contribution in [0.2, 0.25) is 0 Å². The standard InChI is InChI=1S/C12H13F3N2O/c13-12(14,15)11(18)17-7-10-5-8-3-1-2-4-9(8)6-16-10/h1-4,10,16H,5-7H2,(H,17,18). The summed E-state index contributed by atoms with van der Waals surface area (Å²) < 4.78 is 36.0. The highest BCUT2D eigenvalue weighted by molar-refractivity contribution is 5.81. The van der Waals surface area contributed by atoms with E-state index in [9.17, 15) is 18.0 Å². The van der Waals surface area contributed by atoms with Crippen molar-refractivity contribution in [2.24, 2.45) is 0 Å². The number of amides is 1. The largest absolute Gasteiger partial charge is 0.471 e. The van der Waals surface area contributed by atoms with E-state index in [1.165, 1.54) is 0 Å². The first kappa shape index (κ1) is 12.9. The van der Waals surface area contributed by atoms with Gasteiger partial charge in [-0.25, -0.2) is 0 Å². The van der Waals surface area contributed by atoms with E-state index in [0.29, 0.717) is 13.0 Å². The van der Waals surface area contributed by atoms with Gasteiger partial charge in [-0.05, 0) is 17.5 Å². The lowest BCUT2D eigenvalue weighted by atomic mass is 9.96. The average molecular weight is 258 g/mol. The molecule has 3 nitrogen and oxygen atoms in total. The Labute approximate surface area is 102 Å². The summed E-state index contributed by atoms with van der Waals surface area (Å²) in [7, 11) is 0. The third-order valence-corrected chi connectivity index (χ3v) is 2.93. The van der Waals surface area contributed by atoms with Gasteiger partial charge < -0.3 is 10.6 Å². The van der Waals surface area contributed by atoms with Crippen molar-refractivity contribution in [3.8, 4) is 0 Å². The zero-order chi connectivity index (χ0) is 13.2. The summed E-state index contributed by atoms with van der Waals surface area (Å²) in [6.07, 6.45) is -4.19. The molecule has 1 amide bonds. The second-order valence-electron chi connectivity index (χ2n) is 4.26. The number of hydrogen-bond donors (Lipinski definition) is 2. The number of carbonyl (C=O) groups is 1. The van der Waals surface area contributed by atoms with Crippen molar-refractivity contribution in [1.29, 1.82) is 0 Å². The molecule has 0 bridgehead atoms. The van der Waals surface area contributed by atoms with Crippen LogP contribution in [0.5, 0.6) is 0 Å². The van der Waals surface area contributed by atoms with Crippen molar-refractivity contribution in [3.05, 3.63) is 35.4 Å². The minimum absolute atomic E-state index is 0.0212. The van der Waals surface area contributed by atoms with Crippen LogP contribution in [-0.4, -0.2) is 24.7 Å². The maximum Gasteiger partial charge on any atom is 0.471 e. The van der Waals surface area contributed by atoms with Crippen molar-refractivity contribution in [3.63, 3.8) is 0 Å². The number of carbonyl (C=O) groups excluding carboxylic acids is 1. The van der Waals surface area contributed by atoms with Gasteiger partial charge in [0.15, 0.2) is 0 Å². The minimum atomic E-state index is -4.81. The molecule has 1 aromatic carbocycles. The molecule has 1 aliphatic heterocycles. The molecule has 6 heteroatoms. The van der Waals surface area contributed by atoms with E-state index in [4.69, 9.17) is 0 Å². The summed E-state index contributed by atoms with van der Waals surface area (Å²) in [4.78, 5) is 10.7. The van der Waals surface area contributed by atoms with Gasteiger partial charge in [0.25, 0.3) is 0 Å². The molecule has 0 radical (unpaired) electrons. The van der Waals surface area contributed by atoms with Crippen molar-refractivity contribution in [1.82, 2.24) is 10.6 Å². The number of nitrogens with one attached hydrogen (secondary N) is 2. The van der Waals surface area contributed by atoms with E-state index in [1.54, 1.807) is 0 Å². The van der Waals surface area contributed by atoms with E-state index >= 15 is 0 Å². The lowest BCUT2D eigenvalue weighted by Gasteiger charge is -2.26. The molecule has 0 aliphatic carbocycles. The van der Waals surface area contributed by atoms with E-state index < -0.39 is 12.1 Å². The first-order chi connectivity index (χ1) is 8.47. The molecule has 1 unspecified atom stereocenters. The Morgan fingerprint density at radius 2 is 2.00 bits per heavy atom. The third-order valence-electron chi connectivity index (χ3n) is 2.93. The minimum Gasteiger partial charge on any atom is -0.347 e. The molecule has 0 aromatic heterocycles. The molecule has 18 heavy (non-hydrogen) atoms. The monoisotopic (exact) mass is 258 g/mol. The molecule has 0 spiro atoms. The van der Waals surface area contributed by atoms with Crippen LogP contribution in [0.25, 0.3) is 0 Å². The fourth-order valence-electron chi connectivity index (χ4n) is 1.98. The highest BCUT2D eigenvalue weighted by Gasteiger charge is 2.38. The van der Waals surface area contributed by atoms with Gasteiger partial charge in [-0.3, -0.25) is 4.79 Å². The lowest BCUT2D eigenvalue weighted by Crippen LogP contribution is -2.47. The third kappa shape index (κ3) is 3.01. The van der Waals surface area contributed by atoms with Gasteiger partial charge in [0.05, 0.1) is 0 Å². The predicted octanol–water partition coefficient (Wildman–Crippen LogP) is 1.38. The van der Waals surface area contributed by atoms with Gasteiger partial charge in [-0.2, -0.15) is 13.2 Å². The maximum absolute atomic E-state index is 12.0. The van der Waals surface area contributed by atoms with Gasteiger partial charge in [0.1, 0.15) is 0 Å². The van der Waals surface area contributed by atoms with E-state index in [2.05, 4.69) is 5.32 Å². The Morgan fingerprint density at radius 3 is 2.67 bits per heavy atom. The van der Waals surface area contributed by atoms with Gasteiger partial charge in [0.2, 0.25) is 0 Å². The van der Waals surface area contributed by atoms with Crippen molar-refractivity contribution in [2.75, 3.05) is 6.54 Å². The van der Waals surface area contributed by atoms with Gasteiger partial charge in [-0.1, -0.05) is 24.3 Å². The Hall–Kier alpha value is -1.56. The van der Waals surface area contributed by atoms with Crippen LogP contribution in [0.1, 0.15) is 11.1 Å². The Bertz CT molecular complexity index is 445. The first-order valence-corrected chi connectivity index (χ1v) is 5.62. The van der Waals surface area contributed by atoms with Crippen molar-refractivity contribution >= 4 is 5.91 Å². The van der Waals surface area contributed by atoms with Crippen LogP contribution in [0, 0.1) is 0 Å². The second kappa shape index (κ2) is 4.97. The molecule has 1 aromatic rings. The van der Waals surface area contributed by atoms with Crippen LogP contribution in [0.4, 0.5) is 13.2 Å². The zero-order valence-electron chi connectivity index (χ0n) is 9.55. The summed E-state index contributed by atoms with van der Waals surface area (Å²) >= 11 is 0. The molecule has 0 saturated heterocycles. The molecular weight excluding hydrogens is 245 g/mol. The normalized spacial score (nSPS) is 19.2. The van der Waals surface area contributed by atoms with Crippen LogP contribution in [0.15, 0.2) is 24.3 Å². The number of halogens is 3. The van der Waals surface area contributed by atoms with Gasteiger partial charge in [0, 0.05) is 19.1 Å². The molecule has 98 valence electrons. The maximum atomic E-state index is 12.0. The number of benzene rings is 1. The van der Waals surface area contributed by atoms with Gasteiger partial charge >= 0.3 is 12.1 Å². The molecule has 0 fully saturated rings. The van der Waals surface area contributed by atoms with Crippen LogP contribution in [0.3, 0.4) is 0 Å². The van der Waals surface area contributed by atoms with E-state index in [1.807, 2.05) is 29.6 Å². The number of fused-ring (bicyclic) bond motifs is 1. The van der Waals surface area contributed by atoms with Crippen LogP contribution < -0.4 is 10.6 Å².